The molecule has 1 aliphatic heterocycles. The monoisotopic (exact) mass is 206 g/mol. The van der Waals surface area contributed by atoms with E-state index in [0.717, 1.165) is 11.7 Å². The van der Waals surface area contributed by atoms with E-state index in [9.17, 15) is 0 Å². The highest BCUT2D eigenvalue weighted by Crippen LogP contribution is 1.99. The number of hydrogen-bond donors (Lipinski definition) is 1. The molecule has 0 spiro atoms. The van der Waals surface area contributed by atoms with E-state index < -0.39 is 0 Å². The average Bonchev–Trinajstić information content (AvgIpc) is 2.18. The van der Waals surface area contributed by atoms with Gasteiger partial charge in [0.15, 0.2) is 5.96 Å². The Bertz CT molecular complexity index is 311. The lowest BCUT2D eigenvalue weighted by Crippen LogP contribution is -2.35. The van der Waals surface area contributed by atoms with Crippen molar-refractivity contribution in [2.45, 2.75) is 0 Å². The number of rotatable bonds is 1. The van der Waals surface area contributed by atoms with Crippen LogP contribution in [0, 0.1) is 0 Å². The standard InChI is InChI=1S/C11H18N4/c1-14(2)11(15(3)4)13-9-10-7-5-6-8-12-10/h5-9,12H,1-4H3. The minimum atomic E-state index is 0.909. The van der Waals surface area contributed by atoms with Crippen LogP contribution in [0.15, 0.2) is 41.3 Å². The van der Waals surface area contributed by atoms with Crippen molar-refractivity contribution in [3.05, 3.63) is 36.3 Å². The Morgan fingerprint density at radius 1 is 1.20 bits per heavy atom. The molecule has 0 aromatic rings. The van der Waals surface area contributed by atoms with Gasteiger partial charge in [-0.05, 0) is 12.2 Å². The molecule has 1 heterocycles. The first-order valence-corrected chi connectivity index (χ1v) is 4.83. The molecule has 0 fully saturated rings. The Morgan fingerprint density at radius 3 is 2.33 bits per heavy atom. The Hall–Kier alpha value is -1.71. The number of aliphatic imine (C=N–C) groups is 1. The number of nitrogens with zero attached hydrogens (tertiary/aromatic N) is 3. The van der Waals surface area contributed by atoms with Gasteiger partial charge in [0.2, 0.25) is 0 Å². The summed E-state index contributed by atoms with van der Waals surface area (Å²) in [5, 5.41) is 3.10. The first-order chi connectivity index (χ1) is 7.11. The molecule has 1 aliphatic rings. The van der Waals surface area contributed by atoms with Gasteiger partial charge in [-0.1, -0.05) is 6.08 Å². The number of guanidine groups is 1. The number of allylic oxidation sites excluding steroid dienone is 3. The molecule has 4 heteroatoms. The molecule has 4 nitrogen and oxygen atoms in total. The van der Waals surface area contributed by atoms with Crippen molar-refractivity contribution >= 4 is 5.96 Å². The Morgan fingerprint density at radius 2 is 1.87 bits per heavy atom. The quantitative estimate of drug-likeness (QED) is 0.512. The van der Waals surface area contributed by atoms with Crippen molar-refractivity contribution < 1.29 is 0 Å². The van der Waals surface area contributed by atoms with Gasteiger partial charge in [-0.15, -0.1) is 0 Å². The molecule has 0 amide bonds. The van der Waals surface area contributed by atoms with Gasteiger partial charge in [0, 0.05) is 34.4 Å². The van der Waals surface area contributed by atoms with E-state index in [4.69, 9.17) is 0 Å². The summed E-state index contributed by atoms with van der Waals surface area (Å²) in [5.74, 6) is 0.909. The van der Waals surface area contributed by atoms with Crippen LogP contribution >= 0.6 is 0 Å². The van der Waals surface area contributed by atoms with Crippen LogP contribution < -0.4 is 5.32 Å². The van der Waals surface area contributed by atoms with Crippen LogP contribution in [-0.2, 0) is 0 Å². The SMILES string of the molecule is CN(C)C(=NC=C1C=CC=CN1)N(C)C. The predicted octanol–water partition coefficient (Wildman–Crippen LogP) is 0.980. The van der Waals surface area contributed by atoms with E-state index in [0.29, 0.717) is 0 Å². The van der Waals surface area contributed by atoms with E-state index in [1.807, 2.05) is 68.6 Å². The van der Waals surface area contributed by atoms with Crippen molar-refractivity contribution in [3.63, 3.8) is 0 Å². The molecule has 15 heavy (non-hydrogen) atoms. The first kappa shape index (κ1) is 11.4. The van der Waals surface area contributed by atoms with Crippen LogP contribution in [0.4, 0.5) is 0 Å². The van der Waals surface area contributed by atoms with Crippen LogP contribution in [0.25, 0.3) is 0 Å². The van der Waals surface area contributed by atoms with Gasteiger partial charge >= 0.3 is 0 Å². The molecule has 0 bridgehead atoms. The summed E-state index contributed by atoms with van der Waals surface area (Å²) in [6, 6.07) is 0. The zero-order valence-electron chi connectivity index (χ0n) is 9.73. The summed E-state index contributed by atoms with van der Waals surface area (Å²) in [6.45, 7) is 0. The zero-order chi connectivity index (χ0) is 11.3. The van der Waals surface area contributed by atoms with E-state index in [1.54, 1.807) is 0 Å². The van der Waals surface area contributed by atoms with E-state index in [1.165, 1.54) is 0 Å². The lowest BCUT2D eigenvalue weighted by Gasteiger charge is -2.22. The second-order valence-corrected chi connectivity index (χ2v) is 3.66. The highest BCUT2D eigenvalue weighted by Gasteiger charge is 2.02. The van der Waals surface area contributed by atoms with Crippen LogP contribution in [0.3, 0.4) is 0 Å². The molecular weight excluding hydrogens is 188 g/mol. The molecule has 0 aromatic heterocycles. The molecule has 0 aromatic carbocycles. The predicted molar refractivity (Wildman–Crippen MR) is 64.3 cm³/mol. The fourth-order valence-corrected chi connectivity index (χ4v) is 1.25. The molecule has 0 atom stereocenters. The lowest BCUT2D eigenvalue weighted by molar-refractivity contribution is 0.484. The fourth-order valence-electron chi connectivity index (χ4n) is 1.25. The molecule has 0 radical (unpaired) electrons. The van der Waals surface area contributed by atoms with Crippen LogP contribution in [0.5, 0.6) is 0 Å². The summed E-state index contributed by atoms with van der Waals surface area (Å²) in [7, 11) is 7.89. The van der Waals surface area contributed by atoms with Crippen LogP contribution in [-0.4, -0.2) is 44.0 Å². The average molecular weight is 206 g/mol. The molecule has 1 N–H and O–H groups in total. The van der Waals surface area contributed by atoms with Gasteiger partial charge < -0.3 is 15.1 Å². The fraction of sp³-hybridized carbons (Fsp3) is 0.364. The van der Waals surface area contributed by atoms with Crippen molar-refractivity contribution in [2.75, 3.05) is 28.2 Å². The number of nitrogens with one attached hydrogen (secondary N) is 1. The minimum absolute atomic E-state index is 0.909. The molecular formula is C11H18N4. The van der Waals surface area contributed by atoms with Gasteiger partial charge in [0.05, 0.1) is 11.9 Å². The van der Waals surface area contributed by atoms with E-state index in [2.05, 4.69) is 10.3 Å². The third-order valence-electron chi connectivity index (χ3n) is 1.85. The van der Waals surface area contributed by atoms with Gasteiger partial charge in [-0.25, -0.2) is 4.99 Å². The molecule has 0 aliphatic carbocycles. The second-order valence-electron chi connectivity index (χ2n) is 3.66. The maximum atomic E-state index is 4.41. The van der Waals surface area contributed by atoms with E-state index in [-0.39, 0.29) is 0 Å². The Kier molecular flexibility index (Phi) is 3.97. The highest BCUT2D eigenvalue weighted by molar-refractivity contribution is 5.79. The summed E-state index contributed by atoms with van der Waals surface area (Å²) in [4.78, 5) is 8.35. The van der Waals surface area contributed by atoms with Crippen LogP contribution in [0.1, 0.15) is 0 Å². The van der Waals surface area contributed by atoms with Crippen LogP contribution in [0.2, 0.25) is 0 Å². The van der Waals surface area contributed by atoms with E-state index >= 15 is 0 Å². The number of dihydropyridines is 1. The summed E-state index contributed by atoms with van der Waals surface area (Å²) in [6.07, 6.45) is 9.59. The van der Waals surface area contributed by atoms with Crippen molar-refractivity contribution in [2.24, 2.45) is 4.99 Å². The third kappa shape index (κ3) is 3.50. The molecule has 0 saturated heterocycles. The Labute approximate surface area is 91.3 Å². The summed E-state index contributed by atoms with van der Waals surface area (Å²) >= 11 is 0. The summed E-state index contributed by atoms with van der Waals surface area (Å²) in [5.41, 5.74) is 0.985. The topological polar surface area (TPSA) is 30.9 Å². The van der Waals surface area contributed by atoms with Crippen molar-refractivity contribution in [1.82, 2.24) is 15.1 Å². The molecule has 82 valence electrons. The Balaban J connectivity index is 2.76. The molecule has 1 rings (SSSR count). The van der Waals surface area contributed by atoms with Gasteiger partial charge in [-0.2, -0.15) is 0 Å². The normalized spacial score (nSPS) is 16.1. The minimum Gasteiger partial charge on any atom is -0.360 e. The third-order valence-corrected chi connectivity index (χ3v) is 1.85. The molecule has 0 saturated carbocycles. The largest absolute Gasteiger partial charge is 0.360 e. The van der Waals surface area contributed by atoms with Crippen molar-refractivity contribution in [3.8, 4) is 0 Å². The second kappa shape index (κ2) is 5.24. The smallest absolute Gasteiger partial charge is 0.200 e. The van der Waals surface area contributed by atoms with Crippen molar-refractivity contribution in [1.29, 1.82) is 0 Å². The lowest BCUT2D eigenvalue weighted by atomic mass is 10.3. The maximum Gasteiger partial charge on any atom is 0.200 e. The highest BCUT2D eigenvalue weighted by atomic mass is 15.3. The maximum absolute atomic E-state index is 4.41. The number of hydrogen-bond acceptors (Lipinski definition) is 2. The zero-order valence-corrected chi connectivity index (χ0v) is 9.73. The van der Waals surface area contributed by atoms with Gasteiger partial charge in [0.1, 0.15) is 0 Å². The van der Waals surface area contributed by atoms with Gasteiger partial charge in [-0.3, -0.25) is 0 Å². The first-order valence-electron chi connectivity index (χ1n) is 4.83. The van der Waals surface area contributed by atoms with Gasteiger partial charge in [0.25, 0.3) is 0 Å². The molecule has 0 unspecified atom stereocenters. The summed E-state index contributed by atoms with van der Waals surface area (Å²) < 4.78 is 0.